The Labute approximate surface area is 129 Å². The van der Waals surface area contributed by atoms with Gasteiger partial charge in [-0.15, -0.1) is 0 Å². The summed E-state index contributed by atoms with van der Waals surface area (Å²) in [5.41, 5.74) is 8.67. The van der Waals surface area contributed by atoms with Gasteiger partial charge < -0.3 is 15.2 Å². The minimum atomic E-state index is -0.404. The van der Waals surface area contributed by atoms with Crippen LogP contribution < -0.4 is 16.0 Å². The van der Waals surface area contributed by atoms with Gasteiger partial charge in [0.1, 0.15) is 5.75 Å². The molecule has 1 aromatic carbocycles. The van der Waals surface area contributed by atoms with Crippen LogP contribution in [0.3, 0.4) is 0 Å². The first-order chi connectivity index (χ1) is 10.6. The van der Waals surface area contributed by atoms with Crippen molar-refractivity contribution in [3.05, 3.63) is 57.5 Å². The number of aryl methyl sites for hydroxylation is 1. The monoisotopic (exact) mass is 303 g/mol. The van der Waals surface area contributed by atoms with Gasteiger partial charge in [-0.2, -0.15) is 5.10 Å². The molecule has 0 spiro atoms. The summed E-state index contributed by atoms with van der Waals surface area (Å²) in [6, 6.07) is 8.49. The van der Waals surface area contributed by atoms with E-state index in [0.717, 1.165) is 16.9 Å². The second-order valence-corrected chi connectivity index (χ2v) is 5.02. The van der Waals surface area contributed by atoms with E-state index < -0.39 is 6.04 Å². The first-order valence-corrected chi connectivity index (χ1v) is 7.04. The standard InChI is InChI=1S/C16H21N3O3/c1-11-10-12(4-6-14(11)22-3)16(17)13-5-7-15(20)19(18-13)8-9-21-2/h4-7,10,16H,8-9,17H2,1-3H3. The van der Waals surface area contributed by atoms with E-state index in [0.29, 0.717) is 18.8 Å². The Morgan fingerprint density at radius 3 is 2.68 bits per heavy atom. The van der Waals surface area contributed by atoms with Crippen LogP contribution in [0.5, 0.6) is 5.75 Å². The van der Waals surface area contributed by atoms with Gasteiger partial charge in [0.15, 0.2) is 0 Å². The molecule has 2 N–H and O–H groups in total. The van der Waals surface area contributed by atoms with Crippen molar-refractivity contribution in [2.45, 2.75) is 19.5 Å². The number of rotatable bonds is 6. The van der Waals surface area contributed by atoms with E-state index in [9.17, 15) is 4.79 Å². The number of hydrogen-bond donors (Lipinski definition) is 1. The normalized spacial score (nSPS) is 12.2. The predicted molar refractivity (Wildman–Crippen MR) is 84.1 cm³/mol. The molecule has 0 aliphatic heterocycles. The fourth-order valence-electron chi connectivity index (χ4n) is 2.23. The van der Waals surface area contributed by atoms with Crippen LogP contribution in [0.1, 0.15) is 22.9 Å². The molecule has 0 bridgehead atoms. The minimum absolute atomic E-state index is 0.168. The molecule has 0 radical (unpaired) electrons. The lowest BCUT2D eigenvalue weighted by atomic mass is 10.0. The molecule has 0 saturated carbocycles. The second kappa shape index (κ2) is 7.20. The maximum absolute atomic E-state index is 11.8. The number of hydrogen-bond acceptors (Lipinski definition) is 5. The van der Waals surface area contributed by atoms with E-state index in [4.69, 9.17) is 15.2 Å². The van der Waals surface area contributed by atoms with Crippen molar-refractivity contribution in [1.29, 1.82) is 0 Å². The van der Waals surface area contributed by atoms with Crippen LogP contribution in [0.4, 0.5) is 0 Å². The Bertz CT molecular complexity index is 697. The highest BCUT2D eigenvalue weighted by atomic mass is 16.5. The molecule has 2 rings (SSSR count). The molecule has 1 unspecified atom stereocenters. The SMILES string of the molecule is COCCn1nc(C(N)c2ccc(OC)c(C)c2)ccc1=O. The van der Waals surface area contributed by atoms with Gasteiger partial charge in [0.2, 0.25) is 0 Å². The quantitative estimate of drug-likeness (QED) is 0.869. The molecule has 1 heterocycles. The van der Waals surface area contributed by atoms with Crippen LogP contribution in [0.25, 0.3) is 0 Å². The van der Waals surface area contributed by atoms with Gasteiger partial charge >= 0.3 is 0 Å². The fraction of sp³-hybridized carbons (Fsp3) is 0.375. The maximum Gasteiger partial charge on any atom is 0.266 e. The Morgan fingerprint density at radius 1 is 1.27 bits per heavy atom. The summed E-state index contributed by atoms with van der Waals surface area (Å²) in [5, 5.41) is 4.33. The van der Waals surface area contributed by atoms with Crippen molar-refractivity contribution < 1.29 is 9.47 Å². The predicted octanol–water partition coefficient (Wildman–Crippen LogP) is 1.25. The van der Waals surface area contributed by atoms with Crippen LogP contribution >= 0.6 is 0 Å². The van der Waals surface area contributed by atoms with Crippen molar-refractivity contribution in [2.75, 3.05) is 20.8 Å². The molecule has 22 heavy (non-hydrogen) atoms. The Kier molecular flexibility index (Phi) is 5.30. The van der Waals surface area contributed by atoms with E-state index >= 15 is 0 Å². The van der Waals surface area contributed by atoms with Crippen LogP contribution in [-0.4, -0.2) is 30.6 Å². The summed E-state index contributed by atoms with van der Waals surface area (Å²) in [6.07, 6.45) is 0. The molecule has 118 valence electrons. The second-order valence-electron chi connectivity index (χ2n) is 5.02. The Morgan fingerprint density at radius 2 is 2.05 bits per heavy atom. The van der Waals surface area contributed by atoms with Crippen molar-refractivity contribution in [2.24, 2.45) is 5.73 Å². The zero-order chi connectivity index (χ0) is 16.1. The smallest absolute Gasteiger partial charge is 0.266 e. The lowest BCUT2D eigenvalue weighted by molar-refractivity contribution is 0.181. The molecule has 0 amide bonds. The molecule has 6 nitrogen and oxygen atoms in total. The summed E-state index contributed by atoms with van der Waals surface area (Å²) in [6.45, 7) is 2.78. The van der Waals surface area contributed by atoms with Crippen LogP contribution in [0.2, 0.25) is 0 Å². The summed E-state index contributed by atoms with van der Waals surface area (Å²) < 4.78 is 11.6. The zero-order valence-corrected chi connectivity index (χ0v) is 13.1. The van der Waals surface area contributed by atoms with E-state index in [1.807, 2.05) is 25.1 Å². The first-order valence-electron chi connectivity index (χ1n) is 7.04. The van der Waals surface area contributed by atoms with Gasteiger partial charge in [0.05, 0.1) is 32.0 Å². The first kappa shape index (κ1) is 16.2. The number of nitrogens with zero attached hydrogens (tertiary/aromatic N) is 2. The summed E-state index contributed by atoms with van der Waals surface area (Å²) in [4.78, 5) is 11.8. The van der Waals surface area contributed by atoms with Crippen molar-refractivity contribution in [3.63, 3.8) is 0 Å². The van der Waals surface area contributed by atoms with Gasteiger partial charge in [-0.25, -0.2) is 4.68 Å². The van der Waals surface area contributed by atoms with E-state index in [2.05, 4.69) is 5.10 Å². The maximum atomic E-state index is 11.8. The van der Waals surface area contributed by atoms with Gasteiger partial charge in [-0.3, -0.25) is 4.79 Å². The molecule has 1 aromatic heterocycles. The highest BCUT2D eigenvalue weighted by Crippen LogP contribution is 2.24. The van der Waals surface area contributed by atoms with Gasteiger partial charge in [-0.1, -0.05) is 12.1 Å². The average molecular weight is 303 g/mol. The van der Waals surface area contributed by atoms with Crippen molar-refractivity contribution >= 4 is 0 Å². The lowest BCUT2D eigenvalue weighted by Gasteiger charge is -2.15. The molecule has 6 heteroatoms. The molecule has 0 aliphatic rings. The number of nitrogens with two attached hydrogens (primary N) is 1. The molecular formula is C16H21N3O3. The van der Waals surface area contributed by atoms with Crippen LogP contribution in [0.15, 0.2) is 35.1 Å². The highest BCUT2D eigenvalue weighted by molar-refractivity contribution is 5.39. The van der Waals surface area contributed by atoms with Gasteiger partial charge in [0, 0.05) is 13.2 Å². The largest absolute Gasteiger partial charge is 0.496 e. The van der Waals surface area contributed by atoms with Crippen LogP contribution in [0, 0.1) is 6.92 Å². The average Bonchev–Trinajstić information content (AvgIpc) is 2.53. The number of methoxy groups -OCH3 is 2. The number of ether oxygens (including phenoxy) is 2. The molecule has 1 atom stereocenters. The molecule has 0 aliphatic carbocycles. The van der Waals surface area contributed by atoms with E-state index in [-0.39, 0.29) is 5.56 Å². The van der Waals surface area contributed by atoms with Crippen LogP contribution in [-0.2, 0) is 11.3 Å². The van der Waals surface area contributed by atoms with E-state index in [1.165, 1.54) is 10.7 Å². The molecule has 2 aromatic rings. The summed E-state index contributed by atoms with van der Waals surface area (Å²) >= 11 is 0. The third-order valence-corrected chi connectivity index (χ3v) is 3.49. The third-order valence-electron chi connectivity index (χ3n) is 3.49. The third kappa shape index (κ3) is 3.52. The molecular weight excluding hydrogens is 282 g/mol. The highest BCUT2D eigenvalue weighted by Gasteiger charge is 2.13. The topological polar surface area (TPSA) is 79.4 Å². The van der Waals surface area contributed by atoms with Gasteiger partial charge in [-0.05, 0) is 30.2 Å². The summed E-state index contributed by atoms with van der Waals surface area (Å²) in [7, 11) is 3.22. The minimum Gasteiger partial charge on any atom is -0.496 e. The molecule has 0 fully saturated rings. The van der Waals surface area contributed by atoms with Crippen molar-refractivity contribution in [1.82, 2.24) is 9.78 Å². The lowest BCUT2D eigenvalue weighted by Crippen LogP contribution is -2.27. The molecule has 0 saturated heterocycles. The fourth-order valence-corrected chi connectivity index (χ4v) is 2.23. The van der Waals surface area contributed by atoms with Crippen molar-refractivity contribution in [3.8, 4) is 5.75 Å². The Balaban J connectivity index is 2.30. The number of benzene rings is 1. The Hall–Kier alpha value is -2.18. The zero-order valence-electron chi connectivity index (χ0n) is 13.1. The summed E-state index contributed by atoms with van der Waals surface area (Å²) in [5.74, 6) is 0.814. The van der Waals surface area contributed by atoms with Gasteiger partial charge in [0.25, 0.3) is 5.56 Å². The number of aromatic nitrogens is 2. The van der Waals surface area contributed by atoms with E-state index in [1.54, 1.807) is 20.3 Å².